The van der Waals surface area contributed by atoms with E-state index >= 15 is 0 Å². The first-order valence-corrected chi connectivity index (χ1v) is 9.64. The minimum absolute atomic E-state index is 0.0833. The zero-order valence-corrected chi connectivity index (χ0v) is 17.1. The highest BCUT2D eigenvalue weighted by molar-refractivity contribution is 5.95. The Labute approximate surface area is 175 Å². The van der Waals surface area contributed by atoms with E-state index in [9.17, 15) is 14.9 Å². The molecule has 0 atom stereocenters. The molecule has 0 fully saturated rings. The highest BCUT2D eigenvalue weighted by Gasteiger charge is 2.22. The van der Waals surface area contributed by atoms with Gasteiger partial charge in [-0.2, -0.15) is 5.10 Å². The standard InChI is InChI=1S/C21H26N4O5/c1-3-4-5-6-10-30-20-18(25(27)28)11-15(12-19(20)29-2)14-23-24-21(26)16-8-7-9-17(22)13-16/h7-9,11-14H,3-6,10,22H2,1-2H3,(H,24,26)/b23-14-. The molecule has 9 heteroatoms. The summed E-state index contributed by atoms with van der Waals surface area (Å²) >= 11 is 0. The minimum Gasteiger partial charge on any atom is -0.493 e. The van der Waals surface area contributed by atoms with E-state index in [1.807, 2.05) is 0 Å². The molecule has 3 N–H and O–H groups in total. The fourth-order valence-corrected chi connectivity index (χ4v) is 2.73. The molecule has 2 rings (SSSR count). The van der Waals surface area contributed by atoms with Crippen molar-refractivity contribution >= 4 is 23.5 Å². The molecule has 0 aliphatic carbocycles. The molecule has 0 spiro atoms. The van der Waals surface area contributed by atoms with Crippen LogP contribution in [0.5, 0.6) is 11.5 Å². The smallest absolute Gasteiger partial charge is 0.315 e. The van der Waals surface area contributed by atoms with Gasteiger partial charge in [0.2, 0.25) is 5.75 Å². The third-order valence-electron chi connectivity index (χ3n) is 4.25. The van der Waals surface area contributed by atoms with E-state index in [0.29, 0.717) is 23.4 Å². The molecule has 0 radical (unpaired) electrons. The summed E-state index contributed by atoms with van der Waals surface area (Å²) in [5.74, 6) is -0.143. The Bertz CT molecular complexity index is 914. The number of unbranched alkanes of at least 4 members (excludes halogenated alkanes) is 3. The number of hydrazone groups is 1. The molecule has 0 aliphatic rings. The fraction of sp³-hybridized carbons (Fsp3) is 0.333. The second kappa shape index (κ2) is 11.4. The van der Waals surface area contributed by atoms with Crippen LogP contribution in [-0.2, 0) is 0 Å². The Balaban J connectivity index is 2.14. The predicted molar refractivity (Wildman–Crippen MR) is 115 cm³/mol. The lowest BCUT2D eigenvalue weighted by Crippen LogP contribution is -2.17. The van der Waals surface area contributed by atoms with Crippen molar-refractivity contribution in [2.45, 2.75) is 32.6 Å². The van der Waals surface area contributed by atoms with Crippen molar-refractivity contribution in [3.8, 4) is 11.5 Å². The van der Waals surface area contributed by atoms with Crippen molar-refractivity contribution in [2.24, 2.45) is 5.10 Å². The van der Waals surface area contributed by atoms with Gasteiger partial charge in [-0.3, -0.25) is 14.9 Å². The van der Waals surface area contributed by atoms with Crippen molar-refractivity contribution in [3.05, 3.63) is 57.6 Å². The van der Waals surface area contributed by atoms with E-state index in [4.69, 9.17) is 15.2 Å². The second-order valence-corrected chi connectivity index (χ2v) is 6.56. The first-order valence-electron chi connectivity index (χ1n) is 9.64. The molecule has 2 aromatic carbocycles. The number of nitrogens with two attached hydrogens (primary N) is 1. The van der Waals surface area contributed by atoms with Crippen LogP contribution in [0.15, 0.2) is 41.5 Å². The van der Waals surface area contributed by atoms with Crippen molar-refractivity contribution in [3.63, 3.8) is 0 Å². The van der Waals surface area contributed by atoms with E-state index in [1.165, 1.54) is 25.5 Å². The van der Waals surface area contributed by atoms with Gasteiger partial charge in [-0.05, 0) is 30.7 Å². The summed E-state index contributed by atoms with van der Waals surface area (Å²) in [7, 11) is 1.41. The number of nitrogens with zero attached hydrogens (tertiary/aromatic N) is 2. The lowest BCUT2D eigenvalue weighted by atomic mass is 10.1. The predicted octanol–water partition coefficient (Wildman–Crippen LogP) is 3.91. The van der Waals surface area contributed by atoms with E-state index in [2.05, 4.69) is 17.5 Å². The average molecular weight is 414 g/mol. The van der Waals surface area contributed by atoms with Gasteiger partial charge in [0, 0.05) is 22.9 Å². The number of hydrogen-bond donors (Lipinski definition) is 2. The molecular formula is C21H26N4O5. The molecule has 160 valence electrons. The van der Waals surface area contributed by atoms with E-state index in [1.54, 1.807) is 24.3 Å². The number of nitro benzene ring substituents is 1. The van der Waals surface area contributed by atoms with Gasteiger partial charge in [0.25, 0.3) is 5.91 Å². The number of rotatable bonds is 11. The number of nitrogen functional groups attached to an aromatic ring is 1. The normalized spacial score (nSPS) is 10.7. The van der Waals surface area contributed by atoms with Gasteiger partial charge < -0.3 is 15.2 Å². The van der Waals surface area contributed by atoms with E-state index < -0.39 is 10.8 Å². The monoisotopic (exact) mass is 414 g/mol. The van der Waals surface area contributed by atoms with Crippen molar-refractivity contribution < 1.29 is 19.2 Å². The first-order chi connectivity index (χ1) is 14.5. The lowest BCUT2D eigenvalue weighted by Gasteiger charge is -2.12. The first kappa shape index (κ1) is 22.7. The Hall–Kier alpha value is -3.62. The molecule has 1 amide bonds. The zero-order chi connectivity index (χ0) is 21.9. The maximum atomic E-state index is 12.1. The largest absolute Gasteiger partial charge is 0.493 e. The van der Waals surface area contributed by atoms with Crippen molar-refractivity contribution in [1.82, 2.24) is 5.43 Å². The van der Waals surface area contributed by atoms with Crippen LogP contribution >= 0.6 is 0 Å². The maximum absolute atomic E-state index is 12.1. The van der Waals surface area contributed by atoms with Gasteiger partial charge in [0.15, 0.2) is 5.75 Å². The molecule has 0 unspecified atom stereocenters. The number of hydrogen-bond acceptors (Lipinski definition) is 7. The summed E-state index contributed by atoms with van der Waals surface area (Å²) in [6, 6.07) is 9.32. The summed E-state index contributed by atoms with van der Waals surface area (Å²) < 4.78 is 10.9. The fourth-order valence-electron chi connectivity index (χ4n) is 2.73. The van der Waals surface area contributed by atoms with Gasteiger partial charge in [0.05, 0.1) is 24.9 Å². The Morgan fingerprint density at radius 1 is 1.27 bits per heavy atom. The number of anilines is 1. The van der Waals surface area contributed by atoms with Crippen LogP contribution < -0.4 is 20.6 Å². The van der Waals surface area contributed by atoms with Gasteiger partial charge in [0.1, 0.15) is 0 Å². The van der Waals surface area contributed by atoms with Gasteiger partial charge in [-0.15, -0.1) is 0 Å². The second-order valence-electron chi connectivity index (χ2n) is 6.56. The highest BCUT2D eigenvalue weighted by Crippen LogP contribution is 2.38. The Kier molecular flexibility index (Phi) is 8.61. The van der Waals surface area contributed by atoms with Crippen LogP contribution in [0.2, 0.25) is 0 Å². The molecule has 0 aliphatic heterocycles. The highest BCUT2D eigenvalue weighted by atomic mass is 16.6. The summed E-state index contributed by atoms with van der Waals surface area (Å²) in [6.45, 7) is 2.47. The zero-order valence-electron chi connectivity index (χ0n) is 17.1. The van der Waals surface area contributed by atoms with Crippen molar-refractivity contribution in [1.29, 1.82) is 0 Å². The molecule has 0 heterocycles. The van der Waals surface area contributed by atoms with Gasteiger partial charge in [-0.1, -0.05) is 32.3 Å². The molecule has 30 heavy (non-hydrogen) atoms. The summed E-state index contributed by atoms with van der Waals surface area (Å²) in [6.07, 6.45) is 5.26. The van der Waals surface area contributed by atoms with Crippen LogP contribution in [0, 0.1) is 10.1 Å². The molecule has 2 aromatic rings. The number of methoxy groups -OCH3 is 1. The molecule has 0 aromatic heterocycles. The van der Waals surface area contributed by atoms with Gasteiger partial charge >= 0.3 is 5.69 Å². The summed E-state index contributed by atoms with van der Waals surface area (Å²) in [5.41, 5.74) is 8.98. The maximum Gasteiger partial charge on any atom is 0.315 e. The average Bonchev–Trinajstić information content (AvgIpc) is 2.73. The van der Waals surface area contributed by atoms with E-state index in [-0.39, 0.29) is 17.2 Å². The number of ether oxygens (including phenoxy) is 2. The summed E-state index contributed by atoms with van der Waals surface area (Å²) in [4.78, 5) is 23.1. The number of carbonyl (C=O) groups excluding carboxylic acids is 1. The number of nitro groups is 1. The topological polar surface area (TPSA) is 129 Å². The third kappa shape index (κ3) is 6.47. The van der Waals surface area contributed by atoms with Crippen LogP contribution in [0.1, 0.15) is 48.5 Å². The Morgan fingerprint density at radius 3 is 2.73 bits per heavy atom. The van der Waals surface area contributed by atoms with Crippen LogP contribution in [0.3, 0.4) is 0 Å². The molecule has 0 bridgehead atoms. The lowest BCUT2D eigenvalue weighted by molar-refractivity contribution is -0.386. The third-order valence-corrected chi connectivity index (χ3v) is 4.25. The van der Waals surface area contributed by atoms with Crippen LogP contribution in [-0.4, -0.2) is 30.8 Å². The van der Waals surface area contributed by atoms with Gasteiger partial charge in [-0.25, -0.2) is 5.43 Å². The summed E-state index contributed by atoms with van der Waals surface area (Å²) in [5, 5.41) is 15.4. The Morgan fingerprint density at radius 2 is 2.07 bits per heavy atom. The van der Waals surface area contributed by atoms with Crippen LogP contribution in [0.4, 0.5) is 11.4 Å². The number of nitrogens with one attached hydrogen (secondary N) is 1. The SMILES string of the molecule is CCCCCCOc1c(OC)cc(/C=N\NC(=O)c2cccc(N)c2)cc1[N+](=O)[O-]. The van der Waals surface area contributed by atoms with E-state index in [0.717, 1.165) is 25.7 Å². The minimum atomic E-state index is -0.535. The van der Waals surface area contributed by atoms with Crippen molar-refractivity contribution in [2.75, 3.05) is 19.5 Å². The molecular weight excluding hydrogens is 388 g/mol. The number of amides is 1. The molecule has 0 saturated heterocycles. The quantitative estimate of drug-likeness (QED) is 0.189. The number of carbonyl (C=O) groups is 1. The molecule has 9 nitrogen and oxygen atoms in total. The number of benzene rings is 2. The molecule has 0 saturated carbocycles. The van der Waals surface area contributed by atoms with Crippen LogP contribution in [0.25, 0.3) is 0 Å².